The van der Waals surface area contributed by atoms with Gasteiger partial charge in [-0.3, -0.25) is 9.59 Å². The molecule has 1 aliphatic heterocycles. The lowest BCUT2D eigenvalue weighted by Crippen LogP contribution is -2.46. The van der Waals surface area contributed by atoms with Crippen molar-refractivity contribution in [2.24, 2.45) is 0 Å². The third-order valence-electron chi connectivity index (χ3n) is 5.08. The summed E-state index contributed by atoms with van der Waals surface area (Å²) in [6, 6.07) is 15.3. The second kappa shape index (κ2) is 9.05. The van der Waals surface area contributed by atoms with Gasteiger partial charge in [0.1, 0.15) is 0 Å². The molecular formula is C22H25ClN2O2. The molecule has 2 aromatic rings. The van der Waals surface area contributed by atoms with Crippen LogP contribution in [0.4, 0.5) is 0 Å². The number of nitrogens with one attached hydrogen (secondary N) is 1. The second-order valence-corrected chi connectivity index (χ2v) is 7.49. The van der Waals surface area contributed by atoms with E-state index in [0.29, 0.717) is 31.5 Å². The molecule has 2 aromatic carbocycles. The molecule has 3 rings (SSSR count). The van der Waals surface area contributed by atoms with E-state index < -0.39 is 0 Å². The van der Waals surface area contributed by atoms with E-state index in [9.17, 15) is 9.59 Å². The van der Waals surface area contributed by atoms with Gasteiger partial charge >= 0.3 is 0 Å². The Hall–Kier alpha value is -2.33. The summed E-state index contributed by atoms with van der Waals surface area (Å²) >= 11 is 6.15. The summed E-state index contributed by atoms with van der Waals surface area (Å²) in [6.07, 6.45) is 2.77. The average molecular weight is 385 g/mol. The maximum atomic E-state index is 12.5. The summed E-state index contributed by atoms with van der Waals surface area (Å²) in [5, 5.41) is 3.82. The molecule has 27 heavy (non-hydrogen) atoms. The van der Waals surface area contributed by atoms with Crippen molar-refractivity contribution in [3.63, 3.8) is 0 Å². The van der Waals surface area contributed by atoms with E-state index in [1.165, 1.54) is 0 Å². The largest absolute Gasteiger partial charge is 0.349 e. The number of nitrogens with zero attached hydrogens (tertiary/aromatic N) is 1. The maximum absolute atomic E-state index is 12.5. The molecule has 0 saturated carbocycles. The summed E-state index contributed by atoms with van der Waals surface area (Å²) in [6.45, 7) is 3.35. The fraction of sp³-hybridized carbons (Fsp3) is 0.364. The highest BCUT2D eigenvalue weighted by Gasteiger charge is 2.23. The molecule has 0 radical (unpaired) electrons. The first-order chi connectivity index (χ1) is 13.0. The molecule has 0 aliphatic carbocycles. The lowest BCUT2D eigenvalue weighted by Gasteiger charge is -2.32. The number of carbonyl (C=O) groups excluding carboxylic acids is 2. The number of rotatable bonds is 5. The van der Waals surface area contributed by atoms with Gasteiger partial charge in [0, 0.05) is 36.1 Å². The van der Waals surface area contributed by atoms with E-state index >= 15 is 0 Å². The molecule has 0 aromatic heterocycles. The fourth-order valence-corrected chi connectivity index (χ4v) is 3.54. The van der Waals surface area contributed by atoms with Crippen molar-refractivity contribution in [1.82, 2.24) is 10.2 Å². The highest BCUT2D eigenvalue weighted by Crippen LogP contribution is 2.19. The third kappa shape index (κ3) is 5.33. The molecule has 1 fully saturated rings. The quantitative estimate of drug-likeness (QED) is 0.846. The number of benzene rings is 2. The minimum absolute atomic E-state index is 0.0448. The summed E-state index contributed by atoms with van der Waals surface area (Å²) in [5.74, 6) is 0.121. The Morgan fingerprint density at radius 3 is 2.48 bits per heavy atom. The molecule has 1 saturated heterocycles. The predicted octanol–water partition coefficient (Wildman–Crippen LogP) is 4.00. The van der Waals surface area contributed by atoms with Crippen molar-refractivity contribution in [3.8, 4) is 0 Å². The van der Waals surface area contributed by atoms with Crippen molar-refractivity contribution in [2.45, 2.75) is 38.6 Å². The fourth-order valence-electron chi connectivity index (χ4n) is 3.33. The van der Waals surface area contributed by atoms with E-state index in [0.717, 1.165) is 29.0 Å². The average Bonchev–Trinajstić information content (AvgIpc) is 2.70. The van der Waals surface area contributed by atoms with Crippen LogP contribution < -0.4 is 5.32 Å². The van der Waals surface area contributed by atoms with Crippen molar-refractivity contribution < 1.29 is 9.59 Å². The zero-order valence-electron chi connectivity index (χ0n) is 15.6. The highest BCUT2D eigenvalue weighted by molar-refractivity contribution is 6.31. The van der Waals surface area contributed by atoms with Crippen molar-refractivity contribution >= 4 is 23.4 Å². The van der Waals surface area contributed by atoms with Crippen molar-refractivity contribution in [2.75, 3.05) is 13.1 Å². The molecule has 1 aliphatic rings. The zero-order chi connectivity index (χ0) is 19.2. The molecule has 4 nitrogen and oxygen atoms in total. The normalized spacial score (nSPS) is 14.8. The van der Waals surface area contributed by atoms with Crippen LogP contribution in [-0.4, -0.2) is 35.8 Å². The standard InChI is InChI=1S/C22H25ClN2O2/c1-16-7-8-17(15-20(16)23)9-10-21(26)25-13-11-19(12-14-25)24-22(27)18-5-3-2-4-6-18/h2-8,15,19H,9-14H2,1H3,(H,24,27). The number of piperidine rings is 1. The number of carbonyl (C=O) groups is 2. The first-order valence-corrected chi connectivity index (χ1v) is 9.79. The third-order valence-corrected chi connectivity index (χ3v) is 5.49. The number of likely N-dealkylation sites (tertiary alicyclic amines) is 1. The van der Waals surface area contributed by atoms with Gasteiger partial charge in [0.15, 0.2) is 0 Å². The molecule has 142 valence electrons. The number of amides is 2. The van der Waals surface area contributed by atoms with Crippen LogP contribution in [0.3, 0.4) is 0 Å². The van der Waals surface area contributed by atoms with Gasteiger partial charge in [-0.25, -0.2) is 0 Å². The number of halogens is 1. The van der Waals surface area contributed by atoms with Crippen molar-refractivity contribution in [1.29, 1.82) is 0 Å². The van der Waals surface area contributed by atoms with Crippen LogP contribution in [0.15, 0.2) is 48.5 Å². The van der Waals surface area contributed by atoms with E-state index in [-0.39, 0.29) is 17.9 Å². The molecule has 0 unspecified atom stereocenters. The van der Waals surface area contributed by atoms with Gasteiger partial charge in [0.05, 0.1) is 0 Å². The van der Waals surface area contributed by atoms with Gasteiger partial charge < -0.3 is 10.2 Å². The number of hydrogen-bond acceptors (Lipinski definition) is 2. The maximum Gasteiger partial charge on any atom is 0.251 e. The van der Waals surface area contributed by atoms with Gasteiger partial charge in [-0.05, 0) is 55.5 Å². The predicted molar refractivity (Wildman–Crippen MR) is 108 cm³/mol. The molecule has 5 heteroatoms. The Morgan fingerprint density at radius 2 is 1.81 bits per heavy atom. The number of hydrogen-bond donors (Lipinski definition) is 1. The summed E-state index contributed by atoms with van der Waals surface area (Å²) in [5.41, 5.74) is 2.81. The topological polar surface area (TPSA) is 49.4 Å². The molecule has 1 heterocycles. The SMILES string of the molecule is Cc1ccc(CCC(=O)N2CCC(NC(=O)c3ccccc3)CC2)cc1Cl. The number of aryl methyl sites for hydroxylation is 2. The van der Waals surface area contributed by atoms with Crippen LogP contribution in [0.1, 0.15) is 40.7 Å². The van der Waals surface area contributed by atoms with Crippen molar-refractivity contribution in [3.05, 3.63) is 70.2 Å². The Morgan fingerprint density at radius 1 is 1.11 bits per heavy atom. The minimum atomic E-state index is -0.0448. The monoisotopic (exact) mass is 384 g/mol. The summed E-state index contributed by atoms with van der Waals surface area (Å²) in [4.78, 5) is 26.6. The highest BCUT2D eigenvalue weighted by atomic mass is 35.5. The smallest absolute Gasteiger partial charge is 0.251 e. The Kier molecular flexibility index (Phi) is 6.51. The molecule has 2 amide bonds. The minimum Gasteiger partial charge on any atom is -0.349 e. The Bertz CT molecular complexity index is 799. The van der Waals surface area contributed by atoms with E-state index in [1.54, 1.807) is 0 Å². The second-order valence-electron chi connectivity index (χ2n) is 7.08. The van der Waals surface area contributed by atoms with Gasteiger partial charge in [-0.15, -0.1) is 0 Å². The summed E-state index contributed by atoms with van der Waals surface area (Å²) < 4.78 is 0. The van der Waals surface area contributed by atoms with Crippen LogP contribution >= 0.6 is 11.6 Å². The van der Waals surface area contributed by atoms with E-state index in [4.69, 9.17) is 11.6 Å². The lowest BCUT2D eigenvalue weighted by molar-refractivity contribution is -0.132. The lowest BCUT2D eigenvalue weighted by atomic mass is 10.0. The Balaban J connectivity index is 1.43. The van der Waals surface area contributed by atoms with Crippen LogP contribution in [0.2, 0.25) is 5.02 Å². The van der Waals surface area contributed by atoms with E-state index in [2.05, 4.69) is 5.32 Å². The molecule has 1 N–H and O–H groups in total. The van der Waals surface area contributed by atoms with E-state index in [1.807, 2.05) is 60.4 Å². The first-order valence-electron chi connectivity index (χ1n) is 9.41. The van der Waals surface area contributed by atoms with Gasteiger partial charge in [0.2, 0.25) is 5.91 Å². The van der Waals surface area contributed by atoms with Gasteiger partial charge in [-0.1, -0.05) is 41.9 Å². The molecular weight excluding hydrogens is 360 g/mol. The Labute approximate surface area is 165 Å². The zero-order valence-corrected chi connectivity index (χ0v) is 16.3. The molecule has 0 bridgehead atoms. The molecule has 0 atom stereocenters. The van der Waals surface area contributed by atoms with Gasteiger partial charge in [-0.2, -0.15) is 0 Å². The summed E-state index contributed by atoms with van der Waals surface area (Å²) in [7, 11) is 0. The first kappa shape index (κ1) is 19.4. The molecule has 0 spiro atoms. The van der Waals surface area contributed by atoms with Crippen LogP contribution in [0.25, 0.3) is 0 Å². The van der Waals surface area contributed by atoms with Gasteiger partial charge in [0.25, 0.3) is 5.91 Å². The van der Waals surface area contributed by atoms with Crippen LogP contribution in [-0.2, 0) is 11.2 Å². The van der Waals surface area contributed by atoms with Crippen LogP contribution in [0.5, 0.6) is 0 Å². The van der Waals surface area contributed by atoms with Crippen LogP contribution in [0, 0.1) is 6.92 Å².